The molecule has 544 valence electrons. The first-order valence-electron chi connectivity index (χ1n) is 40.1. The Kier molecular flexibility index (Phi) is 67.2. The third-order valence-corrected chi connectivity index (χ3v) is 18.8. The Morgan fingerprint density at radius 3 is 1.13 bits per heavy atom. The predicted molar refractivity (Wildman–Crippen MR) is 393 cm³/mol. The van der Waals surface area contributed by atoms with Crippen molar-refractivity contribution in [2.75, 3.05) is 19.8 Å². The molecule has 0 aliphatic carbocycles. The molecule has 93 heavy (non-hydrogen) atoms. The molecule has 0 spiro atoms. The maximum Gasteiger partial charge on any atom is 0.305 e. The summed E-state index contributed by atoms with van der Waals surface area (Å²) in [5, 5.41) is 54.7. The summed E-state index contributed by atoms with van der Waals surface area (Å²) in [7, 11) is 0. The minimum atomic E-state index is -1.57. The third-order valence-electron chi connectivity index (χ3n) is 18.8. The maximum atomic E-state index is 13.1. The van der Waals surface area contributed by atoms with Crippen molar-refractivity contribution in [3.63, 3.8) is 0 Å². The number of amides is 1. The van der Waals surface area contributed by atoms with Crippen molar-refractivity contribution in [2.24, 2.45) is 0 Å². The molecule has 0 aromatic carbocycles. The maximum absolute atomic E-state index is 13.1. The van der Waals surface area contributed by atoms with Gasteiger partial charge >= 0.3 is 5.97 Å². The lowest BCUT2D eigenvalue weighted by atomic mass is 9.99. The number of carbonyl (C=O) groups is 2. The second-order valence-electron chi connectivity index (χ2n) is 27.8. The van der Waals surface area contributed by atoms with Crippen molar-refractivity contribution in [3.8, 4) is 0 Å². The van der Waals surface area contributed by atoms with Crippen LogP contribution in [0.2, 0.25) is 0 Å². The van der Waals surface area contributed by atoms with E-state index in [-0.39, 0.29) is 18.5 Å². The van der Waals surface area contributed by atoms with E-state index >= 15 is 0 Å². The highest BCUT2D eigenvalue weighted by atomic mass is 16.7. The van der Waals surface area contributed by atoms with Gasteiger partial charge in [0.05, 0.1) is 32.0 Å². The first-order chi connectivity index (χ1) is 45.7. The summed E-state index contributed by atoms with van der Waals surface area (Å²) in [5.41, 5.74) is 0. The van der Waals surface area contributed by atoms with E-state index in [0.717, 1.165) is 70.6 Å². The normalized spacial score (nSPS) is 17.8. The van der Waals surface area contributed by atoms with Gasteiger partial charge in [-0.05, 0) is 89.9 Å². The largest absolute Gasteiger partial charge is 0.466 e. The highest BCUT2D eigenvalue weighted by molar-refractivity contribution is 5.76. The van der Waals surface area contributed by atoms with Gasteiger partial charge in [-0.1, -0.05) is 344 Å². The molecule has 7 atom stereocenters. The molecule has 1 amide bonds. The van der Waals surface area contributed by atoms with Crippen LogP contribution < -0.4 is 5.32 Å². The van der Waals surface area contributed by atoms with Crippen LogP contribution in [-0.4, -0.2) is 100 Å². The second-order valence-corrected chi connectivity index (χ2v) is 27.8. The molecule has 1 rings (SSSR count). The molecule has 0 saturated carbocycles. The number of unbranched alkanes of at least 4 members (excludes halogenated alkanes) is 49. The van der Waals surface area contributed by atoms with E-state index in [2.05, 4.69) is 67.8 Å². The summed E-state index contributed by atoms with van der Waals surface area (Å²) in [6.07, 6.45) is 85.2. The molecule has 1 heterocycles. The monoisotopic (exact) mass is 1310 g/mol. The summed E-state index contributed by atoms with van der Waals surface area (Å²) < 4.78 is 16.8. The Morgan fingerprint density at radius 2 is 0.742 bits per heavy atom. The zero-order valence-electron chi connectivity index (χ0n) is 60.7. The fourth-order valence-corrected chi connectivity index (χ4v) is 12.6. The van der Waals surface area contributed by atoms with Gasteiger partial charge in [-0.15, -0.1) is 0 Å². The molecular weight excluding hydrogens is 1160 g/mol. The topological polar surface area (TPSA) is 175 Å². The summed E-state index contributed by atoms with van der Waals surface area (Å²) in [6.45, 7) is 4.32. The minimum Gasteiger partial charge on any atom is -0.466 e. The van der Waals surface area contributed by atoms with Gasteiger partial charge in [-0.3, -0.25) is 9.59 Å². The fraction of sp³-hybridized carbons (Fsp3) is 0.854. The highest BCUT2D eigenvalue weighted by Gasteiger charge is 2.44. The van der Waals surface area contributed by atoms with Crippen LogP contribution in [0.1, 0.15) is 386 Å². The van der Waals surface area contributed by atoms with Gasteiger partial charge in [0.1, 0.15) is 24.4 Å². The third kappa shape index (κ3) is 59.2. The van der Waals surface area contributed by atoms with Gasteiger partial charge < -0.3 is 45.1 Å². The van der Waals surface area contributed by atoms with Gasteiger partial charge in [0, 0.05) is 12.8 Å². The zero-order valence-corrected chi connectivity index (χ0v) is 60.7. The molecular formula is C82H151NO10. The van der Waals surface area contributed by atoms with Crippen molar-refractivity contribution in [1.82, 2.24) is 5.32 Å². The average Bonchev–Trinajstić information content (AvgIpc) is 0.930. The number of ether oxygens (including phenoxy) is 3. The lowest BCUT2D eigenvalue weighted by Crippen LogP contribution is -2.60. The van der Waals surface area contributed by atoms with Crippen LogP contribution in [0.25, 0.3) is 0 Å². The molecule has 1 aliphatic heterocycles. The lowest BCUT2D eigenvalue weighted by molar-refractivity contribution is -0.302. The molecule has 1 aliphatic rings. The smallest absolute Gasteiger partial charge is 0.305 e. The SMILES string of the molecule is CCC/C=C\C/C=C\CCCCCCCC(=O)OCCCCCCCCCCCCCCC/C=C\C/C=C\CCCCCCCCCCCCCCCCCCCC(=O)NC(COC1OC(CO)C(O)C(O)C1O)C(O)/C=C/CCCCCCCCCCCCCCC. The summed E-state index contributed by atoms with van der Waals surface area (Å²) in [4.78, 5) is 25.2. The molecule has 1 fully saturated rings. The van der Waals surface area contributed by atoms with Gasteiger partial charge in [-0.25, -0.2) is 0 Å². The van der Waals surface area contributed by atoms with E-state index in [1.165, 1.54) is 289 Å². The number of allylic oxidation sites excluding steroid dienone is 9. The first-order valence-corrected chi connectivity index (χ1v) is 40.1. The van der Waals surface area contributed by atoms with Crippen LogP contribution in [0.5, 0.6) is 0 Å². The predicted octanol–water partition coefficient (Wildman–Crippen LogP) is 21.6. The zero-order chi connectivity index (χ0) is 67.2. The summed E-state index contributed by atoms with van der Waals surface area (Å²) in [6, 6.07) is -0.809. The fourth-order valence-electron chi connectivity index (χ4n) is 12.6. The van der Waals surface area contributed by atoms with E-state index in [9.17, 15) is 35.1 Å². The van der Waals surface area contributed by atoms with Crippen LogP contribution in [0, 0.1) is 0 Å². The van der Waals surface area contributed by atoms with Crippen molar-refractivity contribution in [2.45, 2.75) is 429 Å². The molecule has 11 nitrogen and oxygen atoms in total. The number of hydrogen-bond donors (Lipinski definition) is 6. The molecule has 7 unspecified atom stereocenters. The summed E-state index contributed by atoms with van der Waals surface area (Å²) >= 11 is 0. The van der Waals surface area contributed by atoms with Crippen molar-refractivity contribution < 1.29 is 49.3 Å². The Balaban J connectivity index is 1.94. The van der Waals surface area contributed by atoms with E-state index in [1.807, 2.05) is 6.08 Å². The number of aliphatic hydroxyl groups excluding tert-OH is 5. The number of rotatable bonds is 71. The van der Waals surface area contributed by atoms with E-state index in [4.69, 9.17) is 14.2 Å². The summed E-state index contributed by atoms with van der Waals surface area (Å²) in [5.74, 6) is -0.179. The van der Waals surface area contributed by atoms with Crippen LogP contribution in [0.4, 0.5) is 0 Å². The molecule has 0 aromatic rings. The number of hydrogen-bond acceptors (Lipinski definition) is 10. The molecule has 11 heteroatoms. The molecule has 1 saturated heterocycles. The Hall–Kier alpha value is -2.64. The van der Waals surface area contributed by atoms with Crippen LogP contribution in [0.3, 0.4) is 0 Å². The Bertz CT molecular complexity index is 1730. The standard InChI is InChI=1S/C82H151NO10/c1-3-5-7-9-11-13-15-17-41-45-48-52-56-60-64-68-75(85)74(73-92-82-81(90)80(89)79(88)76(72-84)93-82)83-77(86)69-65-61-57-53-49-46-42-39-37-35-33-31-29-27-25-23-21-19-18-20-22-24-26-28-30-32-34-36-38-40-43-47-51-55-59-63-67-71-91-78(87)70-66-62-58-54-50-44-16-14-12-10-8-6-4-2/h8,10,14,16,18,20,24,26,64,68,74-76,79-82,84-85,88-90H,3-7,9,11-13,15,17,19,21-23,25,27-63,65-67,69-73H2,1-2H3,(H,83,86)/b10-8-,16-14-,20-18-,26-24-,68-64+. The van der Waals surface area contributed by atoms with Gasteiger partial charge in [-0.2, -0.15) is 0 Å². The lowest BCUT2D eigenvalue weighted by Gasteiger charge is -2.40. The quantitative estimate of drug-likeness (QED) is 0.0195. The molecule has 0 aromatic heterocycles. The van der Waals surface area contributed by atoms with Gasteiger partial charge in [0.25, 0.3) is 0 Å². The number of esters is 1. The van der Waals surface area contributed by atoms with Gasteiger partial charge in [0.15, 0.2) is 6.29 Å². The van der Waals surface area contributed by atoms with Crippen LogP contribution in [0.15, 0.2) is 60.8 Å². The van der Waals surface area contributed by atoms with E-state index in [0.29, 0.717) is 19.4 Å². The van der Waals surface area contributed by atoms with Crippen molar-refractivity contribution in [1.29, 1.82) is 0 Å². The minimum absolute atomic E-state index is 0.00277. The second kappa shape index (κ2) is 70.7. The molecule has 0 radical (unpaired) electrons. The average molecular weight is 1310 g/mol. The van der Waals surface area contributed by atoms with Crippen molar-refractivity contribution in [3.05, 3.63) is 60.8 Å². The number of carbonyl (C=O) groups excluding carboxylic acids is 2. The first kappa shape index (κ1) is 88.4. The number of aliphatic hydroxyl groups is 5. The Morgan fingerprint density at radius 1 is 0.398 bits per heavy atom. The number of nitrogens with one attached hydrogen (secondary N) is 1. The van der Waals surface area contributed by atoms with Gasteiger partial charge in [0.2, 0.25) is 5.91 Å². The molecule has 0 bridgehead atoms. The van der Waals surface area contributed by atoms with Crippen molar-refractivity contribution >= 4 is 11.9 Å². The Labute approximate surface area is 573 Å². The highest BCUT2D eigenvalue weighted by Crippen LogP contribution is 2.24. The van der Waals surface area contributed by atoms with E-state index < -0.39 is 49.5 Å². The van der Waals surface area contributed by atoms with Crippen LogP contribution in [-0.2, 0) is 23.8 Å². The molecule has 6 N–H and O–H groups in total. The van der Waals surface area contributed by atoms with E-state index in [1.54, 1.807) is 6.08 Å². The van der Waals surface area contributed by atoms with Crippen LogP contribution >= 0.6 is 0 Å².